The molecule has 0 bridgehead atoms. The van der Waals surface area contributed by atoms with Gasteiger partial charge in [0.15, 0.2) is 0 Å². The van der Waals surface area contributed by atoms with Crippen LogP contribution in [0.2, 0.25) is 5.02 Å². The highest BCUT2D eigenvalue weighted by Gasteiger charge is 2.35. The van der Waals surface area contributed by atoms with Crippen LogP contribution in [0.1, 0.15) is 30.9 Å². The quantitative estimate of drug-likeness (QED) is 0.160. The van der Waals surface area contributed by atoms with Gasteiger partial charge in [-0.15, -0.1) is 0 Å². The molecule has 1 atom stereocenters. The number of hydrogen-bond donors (Lipinski definition) is 1. The highest BCUT2D eigenvalue weighted by molar-refractivity contribution is 7.92. The Morgan fingerprint density at radius 2 is 1.51 bits per heavy atom. The molecule has 4 aromatic carbocycles. The summed E-state index contributed by atoms with van der Waals surface area (Å²) in [6, 6.07) is 24.6. The molecule has 0 aromatic heterocycles. The summed E-state index contributed by atoms with van der Waals surface area (Å²) in [6.45, 7) is 1.25. The molecule has 11 heteroatoms. The third-order valence-electron chi connectivity index (χ3n) is 7.20. The van der Waals surface area contributed by atoms with Gasteiger partial charge >= 0.3 is 0 Å². The molecule has 0 radical (unpaired) electrons. The van der Waals surface area contributed by atoms with Crippen LogP contribution in [-0.4, -0.2) is 44.3 Å². The predicted octanol–water partition coefficient (Wildman–Crippen LogP) is 6.37. The van der Waals surface area contributed by atoms with Crippen molar-refractivity contribution in [1.29, 1.82) is 0 Å². The number of carbonyl (C=O) groups is 2. The van der Waals surface area contributed by atoms with Gasteiger partial charge in [0.05, 0.1) is 15.6 Å². The summed E-state index contributed by atoms with van der Waals surface area (Å²) < 4.78 is 57.8. The molecule has 0 saturated carbocycles. The van der Waals surface area contributed by atoms with Crippen molar-refractivity contribution in [3.8, 4) is 0 Å². The van der Waals surface area contributed by atoms with Gasteiger partial charge in [0.25, 0.3) is 10.0 Å². The highest BCUT2D eigenvalue weighted by atomic mass is 35.5. The summed E-state index contributed by atoms with van der Waals surface area (Å²) in [5.74, 6) is -2.58. The number of halogens is 3. The Labute approximate surface area is 267 Å². The van der Waals surface area contributed by atoms with E-state index in [0.717, 1.165) is 28.4 Å². The van der Waals surface area contributed by atoms with Crippen LogP contribution < -0.4 is 9.62 Å². The van der Waals surface area contributed by atoms with Gasteiger partial charge < -0.3 is 10.2 Å². The maximum atomic E-state index is 15.0. The molecule has 0 spiro atoms. The van der Waals surface area contributed by atoms with Crippen molar-refractivity contribution in [2.75, 3.05) is 17.4 Å². The minimum absolute atomic E-state index is 0.0588. The molecule has 1 unspecified atom stereocenters. The van der Waals surface area contributed by atoms with Crippen LogP contribution >= 0.6 is 11.6 Å². The van der Waals surface area contributed by atoms with E-state index in [0.29, 0.717) is 13.0 Å². The molecule has 0 aliphatic rings. The second kappa shape index (κ2) is 15.6. The van der Waals surface area contributed by atoms with Crippen LogP contribution in [0.15, 0.2) is 108 Å². The first-order chi connectivity index (χ1) is 21.6. The van der Waals surface area contributed by atoms with Gasteiger partial charge in [-0.1, -0.05) is 91.7 Å². The summed E-state index contributed by atoms with van der Waals surface area (Å²) in [6.07, 6.45) is 1.63. The summed E-state index contributed by atoms with van der Waals surface area (Å²) in [5, 5.41) is 2.54. The maximum Gasteiger partial charge on any atom is 0.264 e. The Balaban J connectivity index is 1.81. The second-order valence-electron chi connectivity index (χ2n) is 10.4. The first-order valence-corrected chi connectivity index (χ1v) is 16.3. The van der Waals surface area contributed by atoms with Gasteiger partial charge in [-0.2, -0.15) is 0 Å². The normalized spacial score (nSPS) is 11.9. The number of nitrogens with one attached hydrogen (secondary N) is 1. The van der Waals surface area contributed by atoms with E-state index < -0.39 is 46.1 Å². The first-order valence-electron chi connectivity index (χ1n) is 14.5. The van der Waals surface area contributed by atoms with Crippen molar-refractivity contribution in [3.63, 3.8) is 0 Å². The standard InChI is InChI=1S/C34H34ClF2N3O4S/c1-2-3-20-38-34(42)32(21-25-12-6-4-7-13-25)39(23-26-14-10-11-17-30(26)36)33(41)24-40(27-18-19-31(37)29(35)22-27)45(43,44)28-15-8-5-9-16-28/h4-19,22,32H,2-3,20-21,23-24H2,1H3,(H,38,42). The number of benzene rings is 4. The van der Waals surface area contributed by atoms with Gasteiger partial charge in [0.2, 0.25) is 11.8 Å². The highest BCUT2D eigenvalue weighted by Crippen LogP contribution is 2.28. The van der Waals surface area contributed by atoms with Crippen LogP contribution in [-0.2, 0) is 32.6 Å². The minimum atomic E-state index is -4.39. The predicted molar refractivity (Wildman–Crippen MR) is 171 cm³/mol. The van der Waals surface area contributed by atoms with Crippen molar-refractivity contribution in [2.45, 2.75) is 43.7 Å². The number of unbranched alkanes of at least 4 members (excludes halogenated alkanes) is 1. The van der Waals surface area contributed by atoms with E-state index in [1.54, 1.807) is 24.3 Å². The van der Waals surface area contributed by atoms with Crippen LogP contribution in [0, 0.1) is 11.6 Å². The van der Waals surface area contributed by atoms with Gasteiger partial charge in [-0.05, 0) is 48.4 Å². The molecule has 7 nitrogen and oxygen atoms in total. The van der Waals surface area contributed by atoms with Crippen molar-refractivity contribution in [2.24, 2.45) is 0 Å². The molecular formula is C34H34ClF2N3O4S. The Kier molecular flexibility index (Phi) is 11.7. The first kappa shape index (κ1) is 33.6. The minimum Gasteiger partial charge on any atom is -0.354 e. The molecule has 45 heavy (non-hydrogen) atoms. The zero-order valence-electron chi connectivity index (χ0n) is 24.7. The summed E-state index contributed by atoms with van der Waals surface area (Å²) in [7, 11) is -4.39. The van der Waals surface area contributed by atoms with E-state index >= 15 is 0 Å². The van der Waals surface area contributed by atoms with Crippen LogP contribution in [0.25, 0.3) is 0 Å². The molecule has 0 aliphatic carbocycles. The second-order valence-corrected chi connectivity index (χ2v) is 12.7. The molecule has 2 amide bonds. The molecule has 4 rings (SSSR count). The third-order valence-corrected chi connectivity index (χ3v) is 9.28. The van der Waals surface area contributed by atoms with Crippen molar-refractivity contribution in [3.05, 3.63) is 131 Å². The van der Waals surface area contributed by atoms with Crippen molar-refractivity contribution >= 4 is 39.1 Å². The van der Waals surface area contributed by atoms with Crippen molar-refractivity contribution < 1.29 is 26.8 Å². The number of hydrogen-bond acceptors (Lipinski definition) is 4. The third kappa shape index (κ3) is 8.67. The van der Waals surface area contributed by atoms with Crippen molar-refractivity contribution in [1.82, 2.24) is 10.2 Å². The fourth-order valence-corrected chi connectivity index (χ4v) is 6.36. The Morgan fingerprint density at radius 1 is 0.867 bits per heavy atom. The van der Waals surface area contributed by atoms with E-state index in [1.165, 1.54) is 53.4 Å². The lowest BCUT2D eigenvalue weighted by Crippen LogP contribution is -2.53. The Morgan fingerprint density at radius 3 is 2.16 bits per heavy atom. The average molecular weight is 654 g/mol. The lowest BCUT2D eigenvalue weighted by atomic mass is 10.0. The zero-order chi connectivity index (χ0) is 32.4. The molecule has 1 N–H and O–H groups in total. The molecule has 0 heterocycles. The number of rotatable bonds is 14. The van der Waals surface area contributed by atoms with Crippen LogP contribution in [0.5, 0.6) is 0 Å². The van der Waals surface area contributed by atoms with Gasteiger partial charge in [-0.3, -0.25) is 13.9 Å². The SMILES string of the molecule is CCCCNC(=O)C(Cc1ccccc1)N(Cc1ccccc1F)C(=O)CN(c1ccc(F)c(Cl)c1)S(=O)(=O)c1ccccc1. The molecular weight excluding hydrogens is 620 g/mol. The van der Waals surface area contributed by atoms with Gasteiger partial charge in [0, 0.05) is 25.1 Å². The molecule has 0 fully saturated rings. The number of carbonyl (C=O) groups excluding carboxylic acids is 2. The number of anilines is 1. The van der Waals surface area contributed by atoms with E-state index in [9.17, 15) is 26.8 Å². The lowest BCUT2D eigenvalue weighted by molar-refractivity contribution is -0.140. The fourth-order valence-electron chi connectivity index (χ4n) is 4.76. The lowest BCUT2D eigenvalue weighted by Gasteiger charge is -2.34. The zero-order valence-corrected chi connectivity index (χ0v) is 26.3. The fraction of sp³-hybridized carbons (Fsp3) is 0.235. The van der Waals surface area contributed by atoms with E-state index in [1.807, 2.05) is 25.1 Å². The van der Waals surface area contributed by atoms with E-state index in [4.69, 9.17) is 11.6 Å². The number of sulfonamides is 1. The van der Waals surface area contributed by atoms with Crippen LogP contribution in [0.3, 0.4) is 0 Å². The maximum absolute atomic E-state index is 15.0. The Bertz CT molecular complexity index is 1710. The largest absolute Gasteiger partial charge is 0.354 e. The topological polar surface area (TPSA) is 86.8 Å². The molecule has 236 valence electrons. The van der Waals surface area contributed by atoms with E-state index in [2.05, 4.69) is 5.32 Å². The monoisotopic (exact) mass is 653 g/mol. The molecule has 0 aliphatic heterocycles. The summed E-state index contributed by atoms with van der Waals surface area (Å²) >= 11 is 6.03. The Hall–Kier alpha value is -4.28. The number of amides is 2. The van der Waals surface area contributed by atoms with Gasteiger partial charge in [0.1, 0.15) is 24.2 Å². The van der Waals surface area contributed by atoms with Crippen LogP contribution in [0.4, 0.5) is 14.5 Å². The van der Waals surface area contributed by atoms with E-state index in [-0.39, 0.29) is 34.1 Å². The number of nitrogens with zero attached hydrogens (tertiary/aromatic N) is 2. The average Bonchev–Trinajstić information content (AvgIpc) is 3.04. The van der Waals surface area contributed by atoms with Gasteiger partial charge in [-0.25, -0.2) is 17.2 Å². The molecule has 0 saturated heterocycles. The summed E-state index contributed by atoms with van der Waals surface area (Å²) in [4.78, 5) is 29.1. The smallest absolute Gasteiger partial charge is 0.264 e. The summed E-state index contributed by atoms with van der Waals surface area (Å²) in [5.41, 5.74) is 0.836. The molecule has 4 aromatic rings.